The minimum absolute atomic E-state index is 0.192. The molecule has 1 saturated heterocycles. The van der Waals surface area contributed by atoms with Gasteiger partial charge in [0.05, 0.1) is 6.54 Å². The first-order valence-corrected chi connectivity index (χ1v) is 9.13. The van der Waals surface area contributed by atoms with Crippen molar-refractivity contribution in [3.63, 3.8) is 0 Å². The number of nitrogens with zero attached hydrogens (tertiary/aromatic N) is 2. The lowest BCUT2D eigenvalue weighted by Crippen LogP contribution is -2.42. The number of phenols is 1. The second-order valence-corrected chi connectivity index (χ2v) is 7.00. The van der Waals surface area contributed by atoms with E-state index in [1.807, 2.05) is 29.2 Å². The predicted octanol–water partition coefficient (Wildman–Crippen LogP) is 3.51. The normalized spacial score (nSPS) is 20.5. The van der Waals surface area contributed by atoms with Crippen LogP contribution in [0.5, 0.6) is 5.75 Å². The van der Waals surface area contributed by atoms with Crippen LogP contribution in [0.25, 0.3) is 0 Å². The molecule has 0 radical (unpaired) electrons. The van der Waals surface area contributed by atoms with Gasteiger partial charge in [-0.05, 0) is 61.6 Å². The zero-order chi connectivity index (χ0) is 17.2. The van der Waals surface area contributed by atoms with Crippen molar-refractivity contribution in [2.24, 2.45) is 0 Å². The number of fused-ring (bicyclic) bond motifs is 1. The molecule has 2 aromatic rings. The molecule has 2 heterocycles. The number of hydrogen-bond donors (Lipinski definition) is 1. The smallest absolute Gasteiger partial charge is 0.241 e. The Morgan fingerprint density at radius 2 is 1.84 bits per heavy atom. The zero-order valence-corrected chi connectivity index (χ0v) is 14.4. The second kappa shape index (κ2) is 6.89. The summed E-state index contributed by atoms with van der Waals surface area (Å²) in [4.78, 5) is 17.2. The Hall–Kier alpha value is -2.33. The molecule has 4 heteroatoms. The largest absolute Gasteiger partial charge is 0.508 e. The van der Waals surface area contributed by atoms with Gasteiger partial charge in [0.15, 0.2) is 0 Å². The van der Waals surface area contributed by atoms with Gasteiger partial charge in [0, 0.05) is 18.3 Å². The predicted molar refractivity (Wildman–Crippen MR) is 98.8 cm³/mol. The summed E-state index contributed by atoms with van der Waals surface area (Å²) in [7, 11) is 0. The highest BCUT2D eigenvalue weighted by Gasteiger charge is 2.30. The zero-order valence-electron chi connectivity index (χ0n) is 14.4. The fourth-order valence-electron chi connectivity index (χ4n) is 4.14. The number of likely N-dealkylation sites (tertiary alicyclic amines) is 1. The number of hydrogen-bond acceptors (Lipinski definition) is 3. The van der Waals surface area contributed by atoms with Crippen molar-refractivity contribution >= 4 is 11.6 Å². The number of amides is 1. The van der Waals surface area contributed by atoms with Crippen LogP contribution in [0.15, 0.2) is 48.5 Å². The molecular formula is C21H24N2O2. The molecule has 1 atom stereocenters. The third-order valence-corrected chi connectivity index (χ3v) is 5.39. The third-order valence-electron chi connectivity index (χ3n) is 5.39. The molecule has 25 heavy (non-hydrogen) atoms. The summed E-state index contributed by atoms with van der Waals surface area (Å²) >= 11 is 0. The van der Waals surface area contributed by atoms with Crippen LogP contribution in [0.4, 0.5) is 5.69 Å². The summed E-state index contributed by atoms with van der Waals surface area (Å²) < 4.78 is 0. The van der Waals surface area contributed by atoms with E-state index in [2.05, 4.69) is 17.0 Å². The third kappa shape index (κ3) is 3.27. The Labute approximate surface area is 148 Å². The topological polar surface area (TPSA) is 43.8 Å². The molecule has 0 bridgehead atoms. The summed E-state index contributed by atoms with van der Waals surface area (Å²) in [6.45, 7) is 2.22. The van der Waals surface area contributed by atoms with Crippen LogP contribution in [0.1, 0.15) is 36.4 Å². The van der Waals surface area contributed by atoms with Gasteiger partial charge in [-0.1, -0.05) is 30.3 Å². The summed E-state index contributed by atoms with van der Waals surface area (Å²) in [5.41, 5.74) is 3.54. The van der Waals surface area contributed by atoms with Crippen molar-refractivity contribution in [2.45, 2.75) is 31.7 Å². The number of carbonyl (C=O) groups excluding carboxylic acids is 1. The van der Waals surface area contributed by atoms with Gasteiger partial charge in [0.2, 0.25) is 5.91 Å². The Morgan fingerprint density at radius 3 is 2.68 bits per heavy atom. The fourth-order valence-corrected chi connectivity index (χ4v) is 4.14. The number of rotatable bonds is 3. The van der Waals surface area contributed by atoms with Gasteiger partial charge in [-0.25, -0.2) is 0 Å². The van der Waals surface area contributed by atoms with Crippen LogP contribution in [-0.4, -0.2) is 35.5 Å². The minimum Gasteiger partial charge on any atom is -0.508 e. The summed E-state index contributed by atoms with van der Waals surface area (Å²) in [6.07, 6.45) is 4.26. The molecule has 0 aromatic heterocycles. The second-order valence-electron chi connectivity index (χ2n) is 7.00. The molecule has 1 fully saturated rings. The van der Waals surface area contributed by atoms with E-state index in [9.17, 15) is 9.90 Å². The van der Waals surface area contributed by atoms with Crippen LogP contribution < -0.4 is 4.90 Å². The lowest BCUT2D eigenvalue weighted by molar-refractivity contribution is -0.120. The number of carbonyl (C=O) groups is 1. The van der Waals surface area contributed by atoms with E-state index in [0.29, 0.717) is 6.54 Å². The molecule has 130 valence electrons. The van der Waals surface area contributed by atoms with Crippen molar-refractivity contribution in [1.29, 1.82) is 0 Å². The van der Waals surface area contributed by atoms with Gasteiger partial charge in [-0.2, -0.15) is 0 Å². The highest BCUT2D eigenvalue weighted by molar-refractivity contribution is 5.96. The Balaban J connectivity index is 1.50. The van der Waals surface area contributed by atoms with E-state index in [-0.39, 0.29) is 17.7 Å². The average molecular weight is 336 g/mol. The Kier molecular flexibility index (Phi) is 4.45. The Morgan fingerprint density at radius 1 is 1.04 bits per heavy atom. The maximum absolute atomic E-state index is 13.0. The van der Waals surface area contributed by atoms with Crippen molar-refractivity contribution in [2.75, 3.05) is 24.5 Å². The van der Waals surface area contributed by atoms with Gasteiger partial charge >= 0.3 is 0 Å². The number of phenolic OH excluding ortho intramolecular Hbond substituents is 1. The maximum Gasteiger partial charge on any atom is 0.241 e. The maximum atomic E-state index is 13.0. The van der Waals surface area contributed by atoms with Gasteiger partial charge in [0.1, 0.15) is 5.75 Å². The summed E-state index contributed by atoms with van der Waals surface area (Å²) in [5.74, 6) is 0.479. The Bertz CT molecular complexity index is 757. The molecule has 1 N–H and O–H groups in total. The van der Waals surface area contributed by atoms with E-state index in [1.165, 1.54) is 11.1 Å². The lowest BCUT2D eigenvalue weighted by Gasteiger charge is -2.32. The van der Waals surface area contributed by atoms with Crippen LogP contribution in [0.2, 0.25) is 0 Å². The van der Waals surface area contributed by atoms with E-state index >= 15 is 0 Å². The SMILES string of the molecule is O=C(CN1CCCC1c1ccc(O)cc1)N1CCCc2ccccc21. The van der Waals surface area contributed by atoms with Gasteiger partial charge in [-0.15, -0.1) is 0 Å². The van der Waals surface area contributed by atoms with E-state index in [1.54, 1.807) is 12.1 Å². The number of para-hydroxylation sites is 1. The molecule has 0 spiro atoms. The number of benzene rings is 2. The molecule has 4 nitrogen and oxygen atoms in total. The minimum atomic E-state index is 0.192. The van der Waals surface area contributed by atoms with E-state index in [4.69, 9.17) is 0 Å². The molecule has 1 amide bonds. The molecule has 1 unspecified atom stereocenters. The standard InChI is InChI=1S/C21H24N2O2/c24-18-11-9-17(10-12-18)19-8-4-13-22(19)15-21(25)23-14-3-6-16-5-1-2-7-20(16)23/h1-2,5,7,9-12,19,24H,3-4,6,8,13-15H2. The van der Waals surface area contributed by atoms with Crippen molar-refractivity contribution in [1.82, 2.24) is 4.90 Å². The number of aryl methyl sites for hydroxylation is 1. The van der Waals surface area contributed by atoms with Crippen molar-refractivity contribution in [3.8, 4) is 5.75 Å². The van der Waals surface area contributed by atoms with Crippen LogP contribution in [0, 0.1) is 0 Å². The first kappa shape index (κ1) is 16.2. The molecule has 0 aliphatic carbocycles. The average Bonchev–Trinajstić information content (AvgIpc) is 3.10. The van der Waals surface area contributed by atoms with Crippen LogP contribution in [-0.2, 0) is 11.2 Å². The van der Waals surface area contributed by atoms with Gasteiger partial charge in [-0.3, -0.25) is 9.69 Å². The number of aromatic hydroxyl groups is 1. The highest BCUT2D eigenvalue weighted by atomic mass is 16.3. The van der Waals surface area contributed by atoms with Crippen molar-refractivity contribution in [3.05, 3.63) is 59.7 Å². The van der Waals surface area contributed by atoms with Crippen LogP contribution in [0.3, 0.4) is 0 Å². The van der Waals surface area contributed by atoms with E-state index in [0.717, 1.165) is 44.5 Å². The first-order chi connectivity index (χ1) is 12.2. The molecule has 0 saturated carbocycles. The molecule has 4 rings (SSSR count). The monoisotopic (exact) mass is 336 g/mol. The molecule has 2 aliphatic rings. The van der Waals surface area contributed by atoms with Gasteiger partial charge in [0.25, 0.3) is 0 Å². The van der Waals surface area contributed by atoms with E-state index < -0.39 is 0 Å². The molecule has 2 aromatic carbocycles. The number of anilines is 1. The van der Waals surface area contributed by atoms with Crippen molar-refractivity contribution < 1.29 is 9.90 Å². The summed E-state index contributed by atoms with van der Waals surface area (Å²) in [5, 5.41) is 9.50. The summed E-state index contributed by atoms with van der Waals surface area (Å²) in [6, 6.07) is 15.9. The quantitative estimate of drug-likeness (QED) is 0.933. The molecule has 2 aliphatic heterocycles. The molecular weight excluding hydrogens is 312 g/mol. The fraction of sp³-hybridized carbons (Fsp3) is 0.381. The van der Waals surface area contributed by atoms with Gasteiger partial charge < -0.3 is 10.0 Å². The lowest BCUT2D eigenvalue weighted by atomic mass is 10.0. The first-order valence-electron chi connectivity index (χ1n) is 9.13. The van der Waals surface area contributed by atoms with Crippen LogP contribution >= 0.6 is 0 Å². The highest BCUT2D eigenvalue weighted by Crippen LogP contribution is 2.33.